The molecule has 19 heavy (non-hydrogen) atoms. The molecule has 0 saturated heterocycles. The van der Waals surface area contributed by atoms with Gasteiger partial charge in [0.05, 0.1) is 11.8 Å². The van der Waals surface area contributed by atoms with E-state index < -0.39 is 11.4 Å². The lowest BCUT2D eigenvalue weighted by molar-refractivity contribution is -0.138. The van der Waals surface area contributed by atoms with E-state index >= 15 is 0 Å². The van der Waals surface area contributed by atoms with Gasteiger partial charge in [0.1, 0.15) is 0 Å². The number of nitrogens with two attached hydrogens (primary N) is 1. The minimum Gasteiger partial charge on any atom is -0.481 e. The Kier molecular flexibility index (Phi) is 4.45. The van der Waals surface area contributed by atoms with Crippen LogP contribution in [-0.4, -0.2) is 29.6 Å². The lowest BCUT2D eigenvalue weighted by Gasteiger charge is -2.36. The topological polar surface area (TPSA) is 92.4 Å². The average Bonchev–Trinajstić information content (AvgIpc) is 3.22. The van der Waals surface area contributed by atoms with E-state index in [0.29, 0.717) is 12.5 Å². The van der Waals surface area contributed by atoms with Crippen LogP contribution >= 0.6 is 0 Å². The van der Waals surface area contributed by atoms with Crippen LogP contribution in [0.2, 0.25) is 0 Å². The zero-order chi connectivity index (χ0) is 13.9. The molecule has 1 unspecified atom stereocenters. The minimum atomic E-state index is -0.845. The first kappa shape index (κ1) is 14.3. The van der Waals surface area contributed by atoms with Crippen molar-refractivity contribution in [3.63, 3.8) is 0 Å². The summed E-state index contributed by atoms with van der Waals surface area (Å²) >= 11 is 0. The van der Waals surface area contributed by atoms with Gasteiger partial charge in [-0.25, -0.2) is 0 Å². The molecule has 4 N–H and O–H groups in total. The van der Waals surface area contributed by atoms with Gasteiger partial charge < -0.3 is 16.2 Å². The summed E-state index contributed by atoms with van der Waals surface area (Å²) in [5.74, 6) is -0.519. The molecule has 108 valence electrons. The van der Waals surface area contributed by atoms with Crippen LogP contribution in [0.3, 0.4) is 0 Å². The maximum absolute atomic E-state index is 12.5. The molecule has 0 aromatic heterocycles. The third-order valence-electron chi connectivity index (χ3n) is 4.59. The first-order chi connectivity index (χ1) is 9.07. The summed E-state index contributed by atoms with van der Waals surface area (Å²) in [5.41, 5.74) is 5.38. The molecule has 5 nitrogen and oxygen atoms in total. The molecule has 2 aliphatic rings. The molecule has 0 aromatic carbocycles. The molecule has 0 bridgehead atoms. The van der Waals surface area contributed by atoms with Crippen LogP contribution in [0.4, 0.5) is 0 Å². The van der Waals surface area contributed by atoms with Crippen molar-refractivity contribution in [2.45, 2.75) is 57.4 Å². The second-order valence-electron chi connectivity index (χ2n) is 6.06. The normalized spacial score (nSPS) is 23.6. The molecule has 1 amide bonds. The minimum absolute atomic E-state index is 0.0205. The Morgan fingerprint density at radius 1 is 1.26 bits per heavy atom. The lowest BCUT2D eigenvalue weighted by Crippen LogP contribution is -2.51. The van der Waals surface area contributed by atoms with Crippen LogP contribution in [0.5, 0.6) is 0 Å². The summed E-state index contributed by atoms with van der Waals surface area (Å²) in [6.45, 7) is 0.364. The zero-order valence-electron chi connectivity index (χ0n) is 11.4. The van der Waals surface area contributed by atoms with Crippen molar-refractivity contribution in [2.24, 2.45) is 17.1 Å². The first-order valence-electron chi connectivity index (χ1n) is 7.30. The molecule has 0 heterocycles. The van der Waals surface area contributed by atoms with Crippen LogP contribution in [-0.2, 0) is 9.59 Å². The molecule has 0 aromatic rings. The lowest BCUT2D eigenvalue weighted by atomic mass is 9.73. The first-order valence-corrected chi connectivity index (χ1v) is 7.30. The van der Waals surface area contributed by atoms with E-state index in [9.17, 15) is 9.59 Å². The highest BCUT2D eigenvalue weighted by Crippen LogP contribution is 2.38. The molecular weight excluding hydrogens is 244 g/mol. The standard InChI is InChI=1S/C14H24N2O3/c15-9-14(6-2-1-3-7-14)13(19)16-11(8-12(17)18)10-4-5-10/h10-11H,1-9,15H2,(H,16,19)(H,17,18). The Bertz CT molecular complexity index is 347. The highest BCUT2D eigenvalue weighted by Gasteiger charge is 2.41. The van der Waals surface area contributed by atoms with Crippen molar-refractivity contribution in [3.8, 4) is 0 Å². The van der Waals surface area contributed by atoms with Gasteiger partial charge in [-0.05, 0) is 31.6 Å². The monoisotopic (exact) mass is 268 g/mol. The van der Waals surface area contributed by atoms with Crippen LogP contribution in [0.25, 0.3) is 0 Å². The second-order valence-corrected chi connectivity index (χ2v) is 6.06. The summed E-state index contributed by atoms with van der Waals surface area (Å²) in [6.07, 6.45) is 6.98. The Labute approximate surface area is 113 Å². The van der Waals surface area contributed by atoms with Gasteiger partial charge in [0, 0.05) is 12.6 Å². The van der Waals surface area contributed by atoms with Crippen molar-refractivity contribution in [3.05, 3.63) is 0 Å². The summed E-state index contributed by atoms with van der Waals surface area (Å²) in [5, 5.41) is 11.9. The van der Waals surface area contributed by atoms with Crippen LogP contribution in [0.15, 0.2) is 0 Å². The largest absolute Gasteiger partial charge is 0.481 e. The number of amides is 1. The molecule has 2 rings (SSSR count). The predicted octanol–water partition coefficient (Wildman–Crippen LogP) is 1.27. The fourth-order valence-electron chi connectivity index (χ4n) is 3.10. The fourth-order valence-corrected chi connectivity index (χ4v) is 3.10. The number of carboxylic acid groups (broad SMARTS) is 1. The van der Waals surface area contributed by atoms with Gasteiger partial charge in [-0.3, -0.25) is 9.59 Å². The van der Waals surface area contributed by atoms with E-state index in [4.69, 9.17) is 10.8 Å². The quantitative estimate of drug-likeness (QED) is 0.676. The number of nitrogens with one attached hydrogen (secondary N) is 1. The van der Waals surface area contributed by atoms with Gasteiger partial charge in [-0.15, -0.1) is 0 Å². The Morgan fingerprint density at radius 3 is 2.37 bits per heavy atom. The maximum atomic E-state index is 12.5. The third kappa shape index (κ3) is 3.47. The zero-order valence-corrected chi connectivity index (χ0v) is 11.4. The highest BCUT2D eigenvalue weighted by atomic mass is 16.4. The molecule has 0 spiro atoms. The Balaban J connectivity index is 1.98. The summed E-state index contributed by atoms with van der Waals surface area (Å²) in [6, 6.07) is -0.213. The number of carbonyl (C=O) groups is 2. The summed E-state index contributed by atoms with van der Waals surface area (Å²) in [4.78, 5) is 23.4. The number of carboxylic acids is 1. The Hall–Kier alpha value is -1.10. The number of hydrogen-bond donors (Lipinski definition) is 3. The molecule has 2 fully saturated rings. The number of hydrogen-bond acceptors (Lipinski definition) is 3. The van der Waals surface area contributed by atoms with Gasteiger partial charge in [0.25, 0.3) is 0 Å². The molecule has 1 atom stereocenters. The summed E-state index contributed by atoms with van der Waals surface area (Å²) in [7, 11) is 0. The van der Waals surface area contributed by atoms with E-state index in [2.05, 4.69) is 5.32 Å². The summed E-state index contributed by atoms with van der Waals surface area (Å²) < 4.78 is 0. The SMILES string of the molecule is NCC1(C(=O)NC(CC(=O)O)C2CC2)CCCCC1. The highest BCUT2D eigenvalue weighted by molar-refractivity contribution is 5.84. The van der Waals surface area contributed by atoms with E-state index in [1.54, 1.807) is 0 Å². The fraction of sp³-hybridized carbons (Fsp3) is 0.857. The van der Waals surface area contributed by atoms with Crippen molar-refractivity contribution >= 4 is 11.9 Å². The van der Waals surface area contributed by atoms with E-state index in [1.165, 1.54) is 0 Å². The van der Waals surface area contributed by atoms with Gasteiger partial charge in [-0.1, -0.05) is 19.3 Å². The Morgan fingerprint density at radius 2 is 1.89 bits per heavy atom. The average molecular weight is 268 g/mol. The van der Waals surface area contributed by atoms with Gasteiger partial charge >= 0.3 is 5.97 Å². The van der Waals surface area contributed by atoms with Gasteiger partial charge in [0.2, 0.25) is 5.91 Å². The van der Waals surface area contributed by atoms with E-state index in [-0.39, 0.29) is 18.4 Å². The van der Waals surface area contributed by atoms with Gasteiger partial charge in [-0.2, -0.15) is 0 Å². The van der Waals surface area contributed by atoms with Crippen LogP contribution < -0.4 is 11.1 Å². The molecule has 2 saturated carbocycles. The maximum Gasteiger partial charge on any atom is 0.305 e. The smallest absolute Gasteiger partial charge is 0.305 e. The predicted molar refractivity (Wildman–Crippen MR) is 71.5 cm³/mol. The number of rotatable bonds is 6. The molecule has 2 aliphatic carbocycles. The van der Waals surface area contributed by atoms with E-state index in [0.717, 1.165) is 44.9 Å². The van der Waals surface area contributed by atoms with E-state index in [1.807, 2.05) is 0 Å². The molecule has 0 radical (unpaired) electrons. The van der Waals surface area contributed by atoms with Crippen LogP contribution in [0, 0.1) is 11.3 Å². The van der Waals surface area contributed by atoms with Crippen molar-refractivity contribution < 1.29 is 14.7 Å². The van der Waals surface area contributed by atoms with Crippen molar-refractivity contribution in [1.29, 1.82) is 0 Å². The second kappa shape index (κ2) is 5.90. The molecular formula is C14H24N2O3. The van der Waals surface area contributed by atoms with Crippen molar-refractivity contribution in [2.75, 3.05) is 6.54 Å². The number of aliphatic carboxylic acids is 1. The molecule has 0 aliphatic heterocycles. The van der Waals surface area contributed by atoms with Crippen molar-refractivity contribution in [1.82, 2.24) is 5.32 Å². The third-order valence-corrected chi connectivity index (χ3v) is 4.59. The molecule has 5 heteroatoms. The van der Waals surface area contributed by atoms with Gasteiger partial charge in [0.15, 0.2) is 0 Å². The number of carbonyl (C=O) groups excluding carboxylic acids is 1. The van der Waals surface area contributed by atoms with Crippen LogP contribution in [0.1, 0.15) is 51.4 Å².